The van der Waals surface area contributed by atoms with Gasteiger partial charge in [-0.05, 0) is 74.6 Å². The Kier molecular flexibility index (Phi) is 8.14. The van der Waals surface area contributed by atoms with Crippen molar-refractivity contribution < 1.29 is 36.2 Å². The number of hydrogen-bond acceptors (Lipinski definition) is 4. The van der Waals surface area contributed by atoms with Crippen LogP contribution < -0.4 is 9.80 Å². The van der Waals surface area contributed by atoms with Crippen molar-refractivity contribution in [1.29, 1.82) is 0 Å². The lowest BCUT2D eigenvalue weighted by Crippen LogP contribution is -2.42. The van der Waals surface area contributed by atoms with Gasteiger partial charge < -0.3 is 14.9 Å². The number of aliphatic hydroxyl groups is 1. The number of aliphatic hydroxyl groups excluding tert-OH is 1. The van der Waals surface area contributed by atoms with Crippen molar-refractivity contribution in [2.75, 3.05) is 30.0 Å². The van der Waals surface area contributed by atoms with E-state index in [4.69, 9.17) is 0 Å². The number of nitrogens with zero attached hydrogens (tertiary/aromatic N) is 3. The van der Waals surface area contributed by atoms with Crippen LogP contribution in [0.4, 0.5) is 37.8 Å². The van der Waals surface area contributed by atoms with E-state index in [0.717, 1.165) is 24.0 Å². The van der Waals surface area contributed by atoms with Gasteiger partial charge in [-0.15, -0.1) is 0 Å². The number of likely N-dealkylation sites (N-methyl/N-ethyl adjacent to an activating group) is 1. The van der Waals surface area contributed by atoms with Gasteiger partial charge in [-0.3, -0.25) is 4.79 Å². The first-order valence-corrected chi connectivity index (χ1v) is 13.1. The van der Waals surface area contributed by atoms with Crippen LogP contribution in [0.2, 0.25) is 0 Å². The molecule has 0 bridgehead atoms. The third-order valence-electron chi connectivity index (χ3n) is 7.70. The molecule has 0 spiro atoms. The summed E-state index contributed by atoms with van der Waals surface area (Å²) in [6, 6.07) is 10.3. The van der Waals surface area contributed by atoms with Crippen LogP contribution in [0.25, 0.3) is 11.1 Å². The van der Waals surface area contributed by atoms with Gasteiger partial charge in [0.2, 0.25) is 5.91 Å². The Bertz CT molecular complexity index is 1400. The Morgan fingerprint density at radius 2 is 1.56 bits per heavy atom. The molecule has 5 nitrogen and oxygen atoms in total. The summed E-state index contributed by atoms with van der Waals surface area (Å²) in [7, 11) is 1.42. The number of rotatable bonds is 6. The number of benzene rings is 2. The number of amides is 1. The topological polar surface area (TPSA) is 56.7 Å². The molecule has 41 heavy (non-hydrogen) atoms. The highest BCUT2D eigenvalue weighted by atomic mass is 19.4. The Balaban J connectivity index is 1.82. The van der Waals surface area contributed by atoms with Crippen LogP contribution in [0, 0.1) is 6.92 Å². The number of aryl methyl sites for hydroxylation is 1. The predicted molar refractivity (Wildman–Crippen MR) is 145 cm³/mol. The third kappa shape index (κ3) is 6.05. The molecule has 1 amide bonds. The zero-order valence-electron chi connectivity index (χ0n) is 23.1. The first-order valence-electron chi connectivity index (χ1n) is 13.1. The van der Waals surface area contributed by atoms with Gasteiger partial charge >= 0.3 is 12.4 Å². The second-order valence-corrected chi connectivity index (χ2v) is 10.8. The van der Waals surface area contributed by atoms with Gasteiger partial charge in [-0.1, -0.05) is 24.3 Å². The number of pyridine rings is 1. The fourth-order valence-corrected chi connectivity index (χ4v) is 5.25. The second kappa shape index (κ2) is 11.0. The largest absolute Gasteiger partial charge is 0.416 e. The van der Waals surface area contributed by atoms with Gasteiger partial charge in [0, 0.05) is 19.2 Å². The molecule has 4 rings (SSSR count). The molecule has 3 aromatic rings. The molecule has 1 aliphatic rings. The third-order valence-corrected chi connectivity index (χ3v) is 7.70. The van der Waals surface area contributed by atoms with E-state index >= 15 is 0 Å². The number of anilines is 2. The van der Waals surface area contributed by atoms with E-state index in [-0.39, 0.29) is 18.7 Å². The van der Waals surface area contributed by atoms with E-state index in [0.29, 0.717) is 35.7 Å². The molecule has 1 saturated heterocycles. The minimum Gasteiger partial charge on any atom is -0.394 e. The van der Waals surface area contributed by atoms with E-state index < -0.39 is 40.4 Å². The number of aromatic nitrogens is 1. The number of alkyl halides is 6. The average Bonchev–Trinajstić information content (AvgIpc) is 3.40. The zero-order valence-corrected chi connectivity index (χ0v) is 23.1. The van der Waals surface area contributed by atoms with Crippen LogP contribution in [0.3, 0.4) is 0 Å². The Labute approximate surface area is 234 Å². The quantitative estimate of drug-likeness (QED) is 0.320. The lowest BCUT2D eigenvalue weighted by molar-refractivity contribution is -0.143. The molecule has 220 valence electrons. The number of hydrogen-bond donors (Lipinski definition) is 1. The van der Waals surface area contributed by atoms with E-state index in [1.54, 1.807) is 6.07 Å². The van der Waals surface area contributed by atoms with Crippen LogP contribution in [0.15, 0.2) is 54.7 Å². The van der Waals surface area contributed by atoms with Gasteiger partial charge in [-0.25, -0.2) is 4.98 Å². The SMILES string of the molecule is Cc1ccccc1-c1cc(N2CCC[C@H]2CO)ncc1N(C)C(=O)C(C)(C)c1cc(C(F)(F)F)cc(C(F)(F)F)c1. The maximum absolute atomic E-state index is 13.9. The highest BCUT2D eigenvalue weighted by molar-refractivity contribution is 6.03. The predicted octanol–water partition coefficient (Wildman–Crippen LogP) is 7.00. The molecule has 1 atom stereocenters. The molecule has 11 heteroatoms. The molecule has 1 aliphatic heterocycles. The van der Waals surface area contributed by atoms with Crippen LogP contribution in [0.1, 0.15) is 48.9 Å². The van der Waals surface area contributed by atoms with Gasteiger partial charge in [0.05, 0.1) is 41.1 Å². The molecule has 1 N–H and O–H groups in total. The van der Waals surface area contributed by atoms with Crippen LogP contribution in [0.5, 0.6) is 0 Å². The van der Waals surface area contributed by atoms with Gasteiger partial charge in [0.1, 0.15) is 5.82 Å². The summed E-state index contributed by atoms with van der Waals surface area (Å²) in [6.45, 7) is 5.12. The highest BCUT2D eigenvalue weighted by Gasteiger charge is 2.41. The standard InChI is InChI=1S/C30H31F6N3O2/c1-18-8-5-6-10-23(18)24-15-26(39-11-7-9-22(39)17-40)37-16-25(24)38(4)27(41)28(2,3)19-12-20(29(31,32)33)14-21(13-19)30(34,35)36/h5-6,8,10,12-16,22,40H,7,9,11,17H2,1-4H3/t22-/m0/s1. The summed E-state index contributed by atoms with van der Waals surface area (Å²) in [5.41, 5.74) is -2.54. The smallest absolute Gasteiger partial charge is 0.394 e. The summed E-state index contributed by atoms with van der Waals surface area (Å²) >= 11 is 0. The second-order valence-electron chi connectivity index (χ2n) is 10.8. The van der Waals surface area contributed by atoms with Crippen molar-refractivity contribution in [1.82, 2.24) is 4.98 Å². The molecule has 2 aromatic carbocycles. The highest BCUT2D eigenvalue weighted by Crippen LogP contribution is 2.41. The molecule has 1 fully saturated rings. The average molecular weight is 580 g/mol. The van der Waals surface area contributed by atoms with Crippen molar-refractivity contribution in [3.05, 3.63) is 77.0 Å². The number of carbonyl (C=O) groups excluding carboxylic acids is 1. The Morgan fingerprint density at radius 3 is 2.12 bits per heavy atom. The lowest BCUT2D eigenvalue weighted by Gasteiger charge is -2.32. The first-order chi connectivity index (χ1) is 19.1. The fraction of sp³-hybridized carbons (Fsp3) is 0.400. The number of halogens is 6. The molecule has 1 aromatic heterocycles. The molecular formula is C30H31F6N3O2. The Morgan fingerprint density at radius 1 is 0.976 bits per heavy atom. The van der Waals surface area contributed by atoms with Crippen LogP contribution >= 0.6 is 0 Å². The van der Waals surface area contributed by atoms with E-state index in [1.165, 1.54) is 32.0 Å². The molecular weight excluding hydrogens is 548 g/mol. The summed E-state index contributed by atoms with van der Waals surface area (Å²) in [5, 5.41) is 9.82. The Hall–Kier alpha value is -3.60. The van der Waals surface area contributed by atoms with E-state index in [9.17, 15) is 36.2 Å². The number of carbonyl (C=O) groups is 1. The van der Waals surface area contributed by atoms with Gasteiger partial charge in [-0.2, -0.15) is 26.3 Å². The normalized spacial score (nSPS) is 16.3. The summed E-state index contributed by atoms with van der Waals surface area (Å²) < 4.78 is 81.3. The first kappa shape index (κ1) is 30.4. The van der Waals surface area contributed by atoms with Crippen LogP contribution in [-0.4, -0.2) is 42.2 Å². The van der Waals surface area contributed by atoms with Crippen molar-refractivity contribution in [2.24, 2.45) is 0 Å². The minimum absolute atomic E-state index is 0.0463. The monoisotopic (exact) mass is 579 g/mol. The van der Waals surface area contributed by atoms with Crippen molar-refractivity contribution >= 4 is 17.4 Å². The van der Waals surface area contributed by atoms with Crippen LogP contribution in [-0.2, 0) is 22.6 Å². The fourth-order valence-electron chi connectivity index (χ4n) is 5.25. The van der Waals surface area contributed by atoms with E-state index in [2.05, 4.69) is 4.98 Å². The van der Waals surface area contributed by atoms with Crippen molar-refractivity contribution in [3.8, 4) is 11.1 Å². The summed E-state index contributed by atoms with van der Waals surface area (Å²) in [6.07, 6.45) is -6.94. The zero-order chi connectivity index (χ0) is 30.3. The maximum Gasteiger partial charge on any atom is 0.416 e. The van der Waals surface area contributed by atoms with E-state index in [1.807, 2.05) is 36.1 Å². The minimum atomic E-state index is -5.04. The van der Waals surface area contributed by atoms with Crippen molar-refractivity contribution in [2.45, 2.75) is 57.4 Å². The molecule has 0 unspecified atom stereocenters. The maximum atomic E-state index is 13.9. The summed E-state index contributed by atoms with van der Waals surface area (Å²) in [4.78, 5) is 21.6. The molecule has 0 aliphatic carbocycles. The summed E-state index contributed by atoms with van der Waals surface area (Å²) in [5.74, 6) is -0.125. The lowest BCUT2D eigenvalue weighted by atomic mass is 9.81. The molecule has 2 heterocycles. The van der Waals surface area contributed by atoms with Gasteiger partial charge in [0.15, 0.2) is 0 Å². The molecule has 0 saturated carbocycles. The van der Waals surface area contributed by atoms with Crippen molar-refractivity contribution in [3.63, 3.8) is 0 Å². The van der Waals surface area contributed by atoms with Gasteiger partial charge in [0.25, 0.3) is 0 Å². The molecule has 0 radical (unpaired) electrons.